The lowest BCUT2D eigenvalue weighted by Crippen LogP contribution is -2.45. The maximum Gasteiger partial charge on any atom is 0.222 e. The van der Waals surface area contributed by atoms with Crippen LogP contribution in [0, 0.1) is 12.8 Å². The number of ether oxygens (including phenoxy) is 1. The van der Waals surface area contributed by atoms with Crippen LogP contribution in [-0.4, -0.2) is 43.1 Å². The van der Waals surface area contributed by atoms with Crippen LogP contribution in [0.1, 0.15) is 44.1 Å². The Bertz CT molecular complexity index is 534. The number of hydrogen-bond donors (Lipinski definition) is 1. The van der Waals surface area contributed by atoms with E-state index in [9.17, 15) is 4.79 Å². The van der Waals surface area contributed by atoms with Gasteiger partial charge in [0.2, 0.25) is 5.91 Å². The lowest BCUT2D eigenvalue weighted by atomic mass is 10.0. The van der Waals surface area contributed by atoms with Gasteiger partial charge in [-0.25, -0.2) is 0 Å². The summed E-state index contributed by atoms with van der Waals surface area (Å²) < 4.78 is 5.72. The first-order valence-electron chi connectivity index (χ1n) is 9.41. The summed E-state index contributed by atoms with van der Waals surface area (Å²) in [6, 6.07) is 8.66. The molecule has 1 N–H and O–H groups in total. The van der Waals surface area contributed by atoms with Crippen LogP contribution in [-0.2, 0) is 4.79 Å². The summed E-state index contributed by atoms with van der Waals surface area (Å²) in [5.74, 6) is 2.10. The van der Waals surface area contributed by atoms with Gasteiger partial charge in [0.05, 0.1) is 6.61 Å². The zero-order valence-electron chi connectivity index (χ0n) is 14.8. The van der Waals surface area contributed by atoms with E-state index in [4.69, 9.17) is 4.74 Å². The van der Waals surface area contributed by atoms with Crippen LogP contribution in [0.25, 0.3) is 0 Å². The van der Waals surface area contributed by atoms with Crippen molar-refractivity contribution in [2.75, 3.05) is 26.2 Å². The number of piperidine rings is 1. The van der Waals surface area contributed by atoms with E-state index in [1.54, 1.807) is 0 Å². The molecule has 132 valence electrons. The molecule has 4 nitrogen and oxygen atoms in total. The molecule has 0 bridgehead atoms. The van der Waals surface area contributed by atoms with Crippen molar-refractivity contribution in [3.05, 3.63) is 29.8 Å². The van der Waals surface area contributed by atoms with Crippen LogP contribution < -0.4 is 10.1 Å². The number of carbonyl (C=O) groups excluding carboxylic acids is 1. The number of nitrogens with zero attached hydrogens (tertiary/aromatic N) is 1. The van der Waals surface area contributed by atoms with E-state index < -0.39 is 0 Å². The van der Waals surface area contributed by atoms with Crippen molar-refractivity contribution in [2.24, 2.45) is 5.92 Å². The second-order valence-corrected chi connectivity index (χ2v) is 7.28. The van der Waals surface area contributed by atoms with E-state index in [-0.39, 0.29) is 5.91 Å². The molecular formula is C20H30N2O2. The molecule has 2 aliphatic rings. The largest absolute Gasteiger partial charge is 0.494 e. The number of likely N-dealkylation sites (tertiary alicyclic amines) is 1. The molecule has 0 aromatic heterocycles. The summed E-state index contributed by atoms with van der Waals surface area (Å²) in [6.45, 7) is 5.64. The van der Waals surface area contributed by atoms with Gasteiger partial charge in [0.15, 0.2) is 0 Å². The van der Waals surface area contributed by atoms with Gasteiger partial charge in [0.25, 0.3) is 0 Å². The normalized spacial score (nSPS) is 18.6. The van der Waals surface area contributed by atoms with Gasteiger partial charge in [-0.1, -0.05) is 12.1 Å². The molecule has 1 amide bonds. The number of carbonyl (C=O) groups is 1. The summed E-state index contributed by atoms with van der Waals surface area (Å²) in [4.78, 5) is 14.3. The summed E-state index contributed by atoms with van der Waals surface area (Å²) in [7, 11) is 0. The van der Waals surface area contributed by atoms with Crippen LogP contribution in [0.3, 0.4) is 0 Å². The van der Waals surface area contributed by atoms with Crippen molar-refractivity contribution in [3.63, 3.8) is 0 Å². The first-order chi connectivity index (χ1) is 11.7. The highest BCUT2D eigenvalue weighted by atomic mass is 16.5. The first-order valence-corrected chi connectivity index (χ1v) is 9.41. The van der Waals surface area contributed by atoms with Crippen molar-refractivity contribution in [1.82, 2.24) is 10.2 Å². The maximum absolute atomic E-state index is 12.3. The third-order valence-electron chi connectivity index (χ3n) is 5.03. The fourth-order valence-electron chi connectivity index (χ4n) is 3.26. The number of hydrogen-bond acceptors (Lipinski definition) is 3. The molecule has 0 spiro atoms. The van der Waals surface area contributed by atoms with E-state index in [0.717, 1.165) is 44.0 Å². The Balaban J connectivity index is 1.28. The van der Waals surface area contributed by atoms with E-state index in [0.29, 0.717) is 19.1 Å². The smallest absolute Gasteiger partial charge is 0.222 e. The molecule has 2 fully saturated rings. The second-order valence-electron chi connectivity index (χ2n) is 7.28. The van der Waals surface area contributed by atoms with Gasteiger partial charge in [-0.2, -0.15) is 0 Å². The number of benzene rings is 1. The minimum atomic E-state index is 0.281. The Hall–Kier alpha value is -1.55. The van der Waals surface area contributed by atoms with Crippen molar-refractivity contribution >= 4 is 5.91 Å². The molecule has 1 saturated heterocycles. The van der Waals surface area contributed by atoms with Crippen LogP contribution in [0.15, 0.2) is 24.3 Å². The average Bonchev–Trinajstić information content (AvgIpc) is 3.42. The molecule has 24 heavy (non-hydrogen) atoms. The molecule has 1 saturated carbocycles. The molecule has 0 unspecified atom stereocenters. The van der Waals surface area contributed by atoms with Gasteiger partial charge in [-0.3, -0.25) is 4.79 Å². The van der Waals surface area contributed by atoms with Crippen molar-refractivity contribution in [3.8, 4) is 5.75 Å². The molecule has 1 aromatic rings. The minimum Gasteiger partial charge on any atom is -0.494 e. The molecule has 1 aliphatic heterocycles. The van der Waals surface area contributed by atoms with E-state index in [1.807, 2.05) is 23.1 Å². The van der Waals surface area contributed by atoms with Crippen LogP contribution in [0.4, 0.5) is 0 Å². The highest BCUT2D eigenvalue weighted by Crippen LogP contribution is 2.28. The van der Waals surface area contributed by atoms with Gasteiger partial charge in [-0.15, -0.1) is 0 Å². The van der Waals surface area contributed by atoms with Crippen LogP contribution in [0.2, 0.25) is 0 Å². The summed E-state index contributed by atoms with van der Waals surface area (Å²) in [6.07, 6.45) is 6.36. The zero-order valence-corrected chi connectivity index (χ0v) is 14.8. The zero-order chi connectivity index (χ0) is 16.8. The summed E-state index contributed by atoms with van der Waals surface area (Å²) >= 11 is 0. The van der Waals surface area contributed by atoms with E-state index >= 15 is 0 Å². The number of rotatable bonds is 8. The molecule has 4 heteroatoms. The third-order valence-corrected chi connectivity index (χ3v) is 5.03. The Morgan fingerprint density at radius 2 is 2.04 bits per heavy atom. The number of aryl methyl sites for hydroxylation is 1. The predicted molar refractivity (Wildman–Crippen MR) is 96.2 cm³/mol. The highest BCUT2D eigenvalue weighted by molar-refractivity contribution is 5.76. The molecule has 0 atom stereocenters. The van der Waals surface area contributed by atoms with Crippen molar-refractivity contribution in [2.45, 2.75) is 51.5 Å². The summed E-state index contributed by atoms with van der Waals surface area (Å²) in [5.41, 5.74) is 1.20. The Morgan fingerprint density at radius 3 is 2.75 bits per heavy atom. The SMILES string of the molecule is Cc1cccc(OCCCC(=O)N2CCC(NCC3CC3)CC2)c1. The maximum atomic E-state index is 12.3. The molecule has 3 rings (SSSR count). The van der Waals surface area contributed by atoms with Crippen LogP contribution in [0.5, 0.6) is 5.75 Å². The second kappa shape index (κ2) is 8.52. The topological polar surface area (TPSA) is 41.6 Å². The Kier molecular flexibility index (Phi) is 6.13. The molecule has 1 aromatic carbocycles. The van der Waals surface area contributed by atoms with E-state index in [2.05, 4.69) is 18.3 Å². The Labute approximate surface area is 145 Å². The monoisotopic (exact) mass is 330 g/mol. The quantitative estimate of drug-likeness (QED) is 0.745. The molecule has 0 radical (unpaired) electrons. The van der Waals surface area contributed by atoms with Crippen molar-refractivity contribution in [1.29, 1.82) is 0 Å². The molecule has 1 heterocycles. The predicted octanol–water partition coefficient (Wildman–Crippen LogP) is 3.14. The van der Waals surface area contributed by atoms with Gasteiger partial charge in [-0.05, 0) is 69.2 Å². The van der Waals surface area contributed by atoms with Gasteiger partial charge < -0.3 is 15.0 Å². The van der Waals surface area contributed by atoms with Gasteiger partial charge >= 0.3 is 0 Å². The fourth-order valence-corrected chi connectivity index (χ4v) is 3.26. The third kappa shape index (κ3) is 5.52. The standard InChI is InChI=1S/C20H30N2O2/c1-16-4-2-5-19(14-16)24-13-3-6-20(23)22-11-9-18(10-12-22)21-15-17-7-8-17/h2,4-5,14,17-18,21H,3,6-13,15H2,1H3. The van der Waals surface area contributed by atoms with Crippen LogP contribution >= 0.6 is 0 Å². The minimum absolute atomic E-state index is 0.281. The fraction of sp³-hybridized carbons (Fsp3) is 0.650. The van der Waals surface area contributed by atoms with E-state index in [1.165, 1.54) is 24.9 Å². The lowest BCUT2D eigenvalue weighted by molar-refractivity contribution is -0.132. The Morgan fingerprint density at radius 1 is 1.25 bits per heavy atom. The van der Waals surface area contributed by atoms with Crippen molar-refractivity contribution < 1.29 is 9.53 Å². The highest BCUT2D eigenvalue weighted by Gasteiger charge is 2.25. The first kappa shape index (κ1) is 17.3. The van der Waals surface area contributed by atoms with Gasteiger partial charge in [0.1, 0.15) is 5.75 Å². The average molecular weight is 330 g/mol. The lowest BCUT2D eigenvalue weighted by Gasteiger charge is -2.32. The summed E-state index contributed by atoms with van der Waals surface area (Å²) in [5, 5.41) is 3.66. The molecular weight excluding hydrogens is 300 g/mol. The number of amides is 1. The molecule has 1 aliphatic carbocycles. The van der Waals surface area contributed by atoms with Gasteiger partial charge in [0, 0.05) is 25.6 Å². The number of nitrogens with one attached hydrogen (secondary N) is 1.